The van der Waals surface area contributed by atoms with E-state index in [1.54, 1.807) is 60.9 Å². The maximum Gasteiger partial charge on any atom is 0.169 e. The number of hydrogen-bond acceptors (Lipinski definition) is 4. The second kappa shape index (κ2) is 6.96. The van der Waals surface area contributed by atoms with Crippen LogP contribution in [0.4, 0.5) is 4.39 Å². The molecule has 0 aliphatic carbocycles. The van der Waals surface area contributed by atoms with Gasteiger partial charge in [0.05, 0.1) is 12.2 Å². The number of carbonyl (C=O) groups is 1. The van der Waals surface area contributed by atoms with Crippen molar-refractivity contribution in [1.29, 1.82) is 0 Å². The highest BCUT2D eigenvalue weighted by atomic mass is 19.1. The Morgan fingerprint density at radius 1 is 1.08 bits per heavy atom. The zero-order chi connectivity index (χ0) is 17.9. The quantitative estimate of drug-likeness (QED) is 0.702. The van der Waals surface area contributed by atoms with Gasteiger partial charge < -0.3 is 9.47 Å². The predicted molar refractivity (Wildman–Crippen MR) is 94.0 cm³/mol. The van der Waals surface area contributed by atoms with Crippen molar-refractivity contribution < 1.29 is 18.7 Å². The number of nitrogens with zero attached hydrogens (tertiary/aromatic N) is 1. The van der Waals surface area contributed by atoms with Gasteiger partial charge in [-0.15, -0.1) is 0 Å². The minimum atomic E-state index is -0.642. The lowest BCUT2D eigenvalue weighted by Gasteiger charge is -2.22. The molecule has 2 heterocycles. The number of Topliss-reactive ketones (excluding diaryl/α,β-unsaturated/α-hetero) is 1. The summed E-state index contributed by atoms with van der Waals surface area (Å²) in [6.45, 7) is 0.358. The topological polar surface area (TPSA) is 48.4 Å². The molecule has 26 heavy (non-hydrogen) atoms. The highest BCUT2D eigenvalue weighted by molar-refractivity contribution is 5.99. The maximum atomic E-state index is 14.4. The molecule has 2 aromatic carbocycles. The fourth-order valence-corrected chi connectivity index (χ4v) is 2.99. The van der Waals surface area contributed by atoms with Crippen LogP contribution in [0.1, 0.15) is 34.0 Å². The summed E-state index contributed by atoms with van der Waals surface area (Å²) < 4.78 is 26.1. The highest BCUT2D eigenvalue weighted by Crippen LogP contribution is 2.34. The molecule has 0 bridgehead atoms. The molecule has 5 heteroatoms. The van der Waals surface area contributed by atoms with Gasteiger partial charge in [0.2, 0.25) is 0 Å². The van der Waals surface area contributed by atoms with Crippen molar-refractivity contribution in [3.63, 3.8) is 0 Å². The molecule has 3 aromatic rings. The highest BCUT2D eigenvalue weighted by Gasteiger charge is 2.22. The Hall–Kier alpha value is -3.21. The van der Waals surface area contributed by atoms with E-state index in [0.29, 0.717) is 35.7 Å². The number of carbonyl (C=O) groups excluding carboxylic acids is 1. The molecule has 130 valence electrons. The molecule has 4 nitrogen and oxygen atoms in total. The van der Waals surface area contributed by atoms with Crippen molar-refractivity contribution in [1.82, 2.24) is 4.98 Å². The van der Waals surface area contributed by atoms with Crippen LogP contribution in [-0.2, 0) is 0 Å². The van der Waals surface area contributed by atoms with Gasteiger partial charge in [0.15, 0.2) is 11.9 Å². The van der Waals surface area contributed by atoms with E-state index in [1.807, 2.05) is 0 Å². The van der Waals surface area contributed by atoms with Crippen molar-refractivity contribution >= 4 is 5.78 Å². The van der Waals surface area contributed by atoms with Crippen LogP contribution in [0.2, 0.25) is 0 Å². The number of aromatic nitrogens is 1. The molecule has 0 N–H and O–H groups in total. The number of ketones is 1. The molecule has 1 aliphatic heterocycles. The fraction of sp³-hybridized carbons (Fsp3) is 0.143. The Bertz CT molecular complexity index is 943. The number of benzene rings is 2. The zero-order valence-corrected chi connectivity index (χ0v) is 13.9. The molecular weight excluding hydrogens is 333 g/mol. The number of pyridine rings is 1. The van der Waals surface area contributed by atoms with Crippen molar-refractivity contribution in [2.75, 3.05) is 6.61 Å². The predicted octanol–water partition coefficient (Wildman–Crippen LogP) is 4.35. The molecular formula is C21H16FNO3. The lowest BCUT2D eigenvalue weighted by molar-refractivity contribution is 0.0933. The van der Waals surface area contributed by atoms with Crippen LogP contribution in [0.15, 0.2) is 67.0 Å². The second-order valence-electron chi connectivity index (χ2n) is 5.98. The van der Waals surface area contributed by atoms with Gasteiger partial charge in [0, 0.05) is 36.0 Å². The Morgan fingerprint density at radius 3 is 2.69 bits per heavy atom. The van der Waals surface area contributed by atoms with Crippen molar-refractivity contribution in [3.05, 3.63) is 89.5 Å². The van der Waals surface area contributed by atoms with Crippen LogP contribution in [0, 0.1) is 5.82 Å². The first kappa shape index (κ1) is 16.3. The van der Waals surface area contributed by atoms with Crippen LogP contribution in [0.25, 0.3) is 0 Å². The number of halogens is 1. The number of fused-ring (bicyclic) bond motifs is 1. The molecule has 0 fully saturated rings. The fourth-order valence-electron chi connectivity index (χ4n) is 2.99. The summed E-state index contributed by atoms with van der Waals surface area (Å²) in [6.07, 6.45) is 3.02. The van der Waals surface area contributed by atoms with E-state index < -0.39 is 6.10 Å². The monoisotopic (exact) mass is 349 g/mol. The first-order valence-corrected chi connectivity index (χ1v) is 8.33. The first-order valence-electron chi connectivity index (χ1n) is 8.33. The summed E-state index contributed by atoms with van der Waals surface area (Å²) in [5.74, 6) is 0.709. The van der Waals surface area contributed by atoms with E-state index in [0.717, 1.165) is 5.56 Å². The summed E-state index contributed by atoms with van der Waals surface area (Å²) in [5, 5.41) is 0. The third-order valence-electron chi connectivity index (χ3n) is 4.29. The van der Waals surface area contributed by atoms with E-state index in [-0.39, 0.29) is 11.6 Å². The van der Waals surface area contributed by atoms with Gasteiger partial charge in [0.1, 0.15) is 17.3 Å². The molecule has 1 unspecified atom stereocenters. The summed E-state index contributed by atoms with van der Waals surface area (Å²) in [6, 6.07) is 15.2. The van der Waals surface area contributed by atoms with Crippen molar-refractivity contribution in [3.8, 4) is 11.5 Å². The van der Waals surface area contributed by atoms with Crippen LogP contribution >= 0.6 is 0 Å². The standard InChI is InChI=1S/C21H16FNO3/c22-18-4-2-1-3-16(18)21(14-7-10-23-11-8-14)26-15-5-6-17-19(24)9-12-25-20(17)13-15/h1-8,10-11,13,21H,9,12H2. The number of ether oxygens (including phenoxy) is 2. The molecule has 1 aromatic heterocycles. The molecule has 0 radical (unpaired) electrons. The average Bonchev–Trinajstić information content (AvgIpc) is 2.68. The van der Waals surface area contributed by atoms with Gasteiger partial charge in [-0.1, -0.05) is 18.2 Å². The van der Waals surface area contributed by atoms with E-state index in [1.165, 1.54) is 6.07 Å². The summed E-state index contributed by atoms with van der Waals surface area (Å²) in [4.78, 5) is 15.9. The van der Waals surface area contributed by atoms with E-state index in [9.17, 15) is 9.18 Å². The molecule has 0 saturated carbocycles. The van der Waals surface area contributed by atoms with Crippen LogP contribution < -0.4 is 9.47 Å². The smallest absolute Gasteiger partial charge is 0.169 e. The number of rotatable bonds is 4. The summed E-state index contributed by atoms with van der Waals surface area (Å²) >= 11 is 0. The third kappa shape index (κ3) is 3.16. The Morgan fingerprint density at radius 2 is 1.88 bits per heavy atom. The normalized spacial score (nSPS) is 14.3. The van der Waals surface area contributed by atoms with Crippen molar-refractivity contribution in [2.24, 2.45) is 0 Å². The molecule has 0 saturated heterocycles. The third-order valence-corrected chi connectivity index (χ3v) is 4.29. The molecule has 1 atom stereocenters. The van der Waals surface area contributed by atoms with Gasteiger partial charge in [-0.25, -0.2) is 4.39 Å². The Labute approximate surface area is 150 Å². The van der Waals surface area contributed by atoms with E-state index >= 15 is 0 Å². The molecule has 0 spiro atoms. The van der Waals surface area contributed by atoms with Gasteiger partial charge in [-0.2, -0.15) is 0 Å². The average molecular weight is 349 g/mol. The van der Waals surface area contributed by atoms with Crippen molar-refractivity contribution in [2.45, 2.75) is 12.5 Å². The van der Waals surface area contributed by atoms with Gasteiger partial charge in [-0.3, -0.25) is 9.78 Å². The Balaban J connectivity index is 1.72. The number of hydrogen-bond donors (Lipinski definition) is 0. The summed E-state index contributed by atoms with van der Waals surface area (Å²) in [5.41, 5.74) is 1.75. The summed E-state index contributed by atoms with van der Waals surface area (Å²) in [7, 11) is 0. The minimum Gasteiger partial charge on any atom is -0.492 e. The lowest BCUT2D eigenvalue weighted by Crippen LogP contribution is -2.16. The first-order chi connectivity index (χ1) is 12.7. The van der Waals surface area contributed by atoms with Gasteiger partial charge in [0.25, 0.3) is 0 Å². The second-order valence-corrected chi connectivity index (χ2v) is 5.98. The lowest BCUT2D eigenvalue weighted by atomic mass is 10.0. The molecule has 1 aliphatic rings. The minimum absolute atomic E-state index is 0.0533. The van der Waals surface area contributed by atoms with Crippen LogP contribution in [-0.4, -0.2) is 17.4 Å². The van der Waals surface area contributed by atoms with Crippen LogP contribution in [0.5, 0.6) is 11.5 Å². The largest absolute Gasteiger partial charge is 0.492 e. The van der Waals surface area contributed by atoms with E-state index in [4.69, 9.17) is 9.47 Å². The van der Waals surface area contributed by atoms with Crippen LogP contribution in [0.3, 0.4) is 0 Å². The zero-order valence-electron chi connectivity index (χ0n) is 13.9. The molecule has 0 amide bonds. The Kier molecular flexibility index (Phi) is 4.35. The maximum absolute atomic E-state index is 14.4. The van der Waals surface area contributed by atoms with Gasteiger partial charge in [-0.05, 0) is 30.3 Å². The SMILES string of the molecule is O=C1CCOc2cc(OC(c3ccncc3)c3ccccc3F)ccc21. The molecule has 4 rings (SSSR count). The van der Waals surface area contributed by atoms with Gasteiger partial charge >= 0.3 is 0 Å². The van der Waals surface area contributed by atoms with E-state index in [2.05, 4.69) is 4.98 Å².